The minimum atomic E-state index is -0.161. The molecule has 0 saturated carbocycles. The summed E-state index contributed by atoms with van der Waals surface area (Å²) >= 11 is 0. The average molecular weight is 238 g/mol. The van der Waals surface area contributed by atoms with Gasteiger partial charge in [-0.2, -0.15) is 0 Å². The number of halogens is 1. The zero-order chi connectivity index (χ0) is 12.7. The second kappa shape index (κ2) is 6.72. The summed E-state index contributed by atoms with van der Waals surface area (Å²) in [6, 6.07) is 6.86. The van der Waals surface area contributed by atoms with Crippen LogP contribution in [0.3, 0.4) is 0 Å². The van der Waals surface area contributed by atoms with E-state index >= 15 is 0 Å². The number of nitrogens with one attached hydrogen (secondary N) is 2. The van der Waals surface area contributed by atoms with Crippen molar-refractivity contribution in [2.45, 2.75) is 25.7 Å². The molecule has 0 radical (unpaired) electrons. The standard InChI is InChI=1S/C14H23FN2/c1-14(2,11-17-9-5-8-16-3)12-6-4-7-13(15)10-12/h4,6-7,10,16-17H,5,8-9,11H2,1-3H3. The van der Waals surface area contributed by atoms with E-state index in [1.165, 1.54) is 6.07 Å². The lowest BCUT2D eigenvalue weighted by Crippen LogP contribution is -2.34. The van der Waals surface area contributed by atoms with E-state index in [1.807, 2.05) is 13.1 Å². The highest BCUT2D eigenvalue weighted by Crippen LogP contribution is 2.22. The maximum absolute atomic E-state index is 13.2. The Labute approximate surface area is 104 Å². The molecule has 0 amide bonds. The first-order valence-corrected chi connectivity index (χ1v) is 6.17. The van der Waals surface area contributed by atoms with Gasteiger partial charge in [0, 0.05) is 12.0 Å². The number of hydrogen-bond donors (Lipinski definition) is 2. The SMILES string of the molecule is CNCCCNCC(C)(C)c1cccc(F)c1. The molecule has 0 aliphatic rings. The third-order valence-electron chi connectivity index (χ3n) is 2.95. The Morgan fingerprint density at radius 1 is 1.24 bits per heavy atom. The van der Waals surface area contributed by atoms with Gasteiger partial charge in [-0.25, -0.2) is 4.39 Å². The van der Waals surface area contributed by atoms with Gasteiger partial charge in [0.15, 0.2) is 0 Å². The molecule has 0 aliphatic heterocycles. The molecule has 1 rings (SSSR count). The second-order valence-electron chi connectivity index (χ2n) is 5.03. The minimum absolute atomic E-state index is 0.0399. The van der Waals surface area contributed by atoms with Crippen LogP contribution in [-0.2, 0) is 5.41 Å². The molecule has 0 saturated heterocycles. The first kappa shape index (κ1) is 14.1. The van der Waals surface area contributed by atoms with Crippen molar-refractivity contribution in [3.8, 4) is 0 Å². The first-order valence-electron chi connectivity index (χ1n) is 6.17. The van der Waals surface area contributed by atoms with Gasteiger partial charge in [0.05, 0.1) is 0 Å². The predicted molar refractivity (Wildman–Crippen MR) is 70.8 cm³/mol. The minimum Gasteiger partial charge on any atom is -0.320 e. The van der Waals surface area contributed by atoms with Crippen LogP contribution in [0.15, 0.2) is 24.3 Å². The van der Waals surface area contributed by atoms with E-state index in [1.54, 1.807) is 12.1 Å². The third-order valence-corrected chi connectivity index (χ3v) is 2.95. The fourth-order valence-corrected chi connectivity index (χ4v) is 1.80. The molecule has 96 valence electrons. The summed E-state index contributed by atoms with van der Waals surface area (Å²) in [5, 5.41) is 6.53. The van der Waals surface area contributed by atoms with Gasteiger partial charge in [0.25, 0.3) is 0 Å². The molecule has 2 N–H and O–H groups in total. The molecule has 3 heteroatoms. The number of benzene rings is 1. The Hall–Kier alpha value is -0.930. The van der Waals surface area contributed by atoms with Gasteiger partial charge in [-0.1, -0.05) is 26.0 Å². The quantitative estimate of drug-likeness (QED) is 0.712. The van der Waals surface area contributed by atoms with Crippen molar-refractivity contribution in [3.63, 3.8) is 0 Å². The first-order chi connectivity index (χ1) is 8.06. The zero-order valence-electron chi connectivity index (χ0n) is 11.0. The molecule has 0 aromatic heterocycles. The maximum Gasteiger partial charge on any atom is 0.123 e. The van der Waals surface area contributed by atoms with Gasteiger partial charge < -0.3 is 10.6 Å². The van der Waals surface area contributed by atoms with Crippen LogP contribution >= 0.6 is 0 Å². The Kier molecular flexibility index (Phi) is 5.59. The predicted octanol–water partition coefficient (Wildman–Crippen LogP) is 2.30. The lowest BCUT2D eigenvalue weighted by molar-refractivity contribution is 0.461. The van der Waals surface area contributed by atoms with E-state index in [4.69, 9.17) is 0 Å². The monoisotopic (exact) mass is 238 g/mol. The van der Waals surface area contributed by atoms with Gasteiger partial charge in [-0.15, -0.1) is 0 Å². The van der Waals surface area contributed by atoms with Crippen LogP contribution in [0, 0.1) is 5.82 Å². The molecule has 1 aromatic carbocycles. The van der Waals surface area contributed by atoms with Gasteiger partial charge in [0.1, 0.15) is 5.82 Å². The Balaban J connectivity index is 2.45. The summed E-state index contributed by atoms with van der Waals surface area (Å²) < 4.78 is 13.2. The molecule has 0 heterocycles. The Morgan fingerprint density at radius 3 is 2.65 bits per heavy atom. The molecular weight excluding hydrogens is 215 g/mol. The molecule has 0 unspecified atom stereocenters. The molecule has 0 spiro atoms. The van der Waals surface area contributed by atoms with Crippen molar-refractivity contribution in [2.24, 2.45) is 0 Å². The van der Waals surface area contributed by atoms with E-state index in [0.717, 1.165) is 31.6 Å². The number of rotatable bonds is 7. The van der Waals surface area contributed by atoms with Crippen molar-refractivity contribution >= 4 is 0 Å². The maximum atomic E-state index is 13.2. The van der Waals surface area contributed by atoms with E-state index in [0.29, 0.717) is 0 Å². The molecule has 17 heavy (non-hydrogen) atoms. The topological polar surface area (TPSA) is 24.1 Å². The summed E-state index contributed by atoms with van der Waals surface area (Å²) in [7, 11) is 1.96. The molecule has 0 aliphatic carbocycles. The Morgan fingerprint density at radius 2 is 2.00 bits per heavy atom. The van der Waals surface area contributed by atoms with Gasteiger partial charge in [-0.3, -0.25) is 0 Å². The van der Waals surface area contributed by atoms with Crippen LogP contribution in [-0.4, -0.2) is 26.7 Å². The molecule has 2 nitrogen and oxygen atoms in total. The fraction of sp³-hybridized carbons (Fsp3) is 0.571. The molecule has 0 atom stereocenters. The van der Waals surface area contributed by atoms with Crippen LogP contribution in [0.25, 0.3) is 0 Å². The highest BCUT2D eigenvalue weighted by atomic mass is 19.1. The zero-order valence-corrected chi connectivity index (χ0v) is 11.0. The molecule has 1 aromatic rings. The summed E-state index contributed by atoms with van der Waals surface area (Å²) in [5.74, 6) is -0.161. The summed E-state index contributed by atoms with van der Waals surface area (Å²) in [6.45, 7) is 7.13. The van der Waals surface area contributed by atoms with Crippen molar-refractivity contribution < 1.29 is 4.39 Å². The summed E-state index contributed by atoms with van der Waals surface area (Å²) in [6.07, 6.45) is 1.11. The van der Waals surface area contributed by atoms with Crippen molar-refractivity contribution in [2.75, 3.05) is 26.7 Å². The van der Waals surface area contributed by atoms with Gasteiger partial charge >= 0.3 is 0 Å². The number of hydrogen-bond acceptors (Lipinski definition) is 2. The summed E-state index contributed by atoms with van der Waals surface area (Å²) in [4.78, 5) is 0. The van der Waals surface area contributed by atoms with Crippen LogP contribution < -0.4 is 10.6 Å². The van der Waals surface area contributed by atoms with Crippen LogP contribution in [0.4, 0.5) is 4.39 Å². The van der Waals surface area contributed by atoms with E-state index in [2.05, 4.69) is 24.5 Å². The van der Waals surface area contributed by atoms with Crippen molar-refractivity contribution in [1.82, 2.24) is 10.6 Å². The lowest BCUT2D eigenvalue weighted by atomic mass is 9.84. The largest absolute Gasteiger partial charge is 0.320 e. The second-order valence-corrected chi connectivity index (χ2v) is 5.03. The Bertz CT molecular complexity index is 337. The van der Waals surface area contributed by atoms with Gasteiger partial charge in [-0.05, 0) is 44.3 Å². The van der Waals surface area contributed by atoms with Crippen molar-refractivity contribution in [1.29, 1.82) is 0 Å². The smallest absolute Gasteiger partial charge is 0.123 e. The van der Waals surface area contributed by atoms with E-state index < -0.39 is 0 Å². The third kappa shape index (κ3) is 4.84. The van der Waals surface area contributed by atoms with E-state index in [-0.39, 0.29) is 11.2 Å². The highest BCUT2D eigenvalue weighted by molar-refractivity contribution is 5.24. The van der Waals surface area contributed by atoms with Crippen molar-refractivity contribution in [3.05, 3.63) is 35.6 Å². The average Bonchev–Trinajstić information content (AvgIpc) is 2.29. The fourth-order valence-electron chi connectivity index (χ4n) is 1.80. The van der Waals surface area contributed by atoms with Crippen LogP contribution in [0.5, 0.6) is 0 Å². The van der Waals surface area contributed by atoms with E-state index in [9.17, 15) is 4.39 Å². The summed E-state index contributed by atoms with van der Waals surface area (Å²) in [5.41, 5.74) is 1.00. The lowest BCUT2D eigenvalue weighted by Gasteiger charge is -2.26. The molecule has 0 bridgehead atoms. The molecular formula is C14H23FN2. The molecule has 0 fully saturated rings. The van der Waals surface area contributed by atoms with Crippen LogP contribution in [0.1, 0.15) is 25.8 Å². The normalized spacial score (nSPS) is 11.8. The van der Waals surface area contributed by atoms with Crippen LogP contribution in [0.2, 0.25) is 0 Å². The van der Waals surface area contributed by atoms with Gasteiger partial charge in [0.2, 0.25) is 0 Å². The highest BCUT2D eigenvalue weighted by Gasteiger charge is 2.20.